The lowest BCUT2D eigenvalue weighted by molar-refractivity contribution is 0.00209. The third kappa shape index (κ3) is 11.0. The fourth-order valence-corrected chi connectivity index (χ4v) is 2.78. The third-order valence-corrected chi connectivity index (χ3v) is 3.92. The lowest BCUT2D eigenvalue weighted by Gasteiger charge is -2.20. The maximum Gasteiger partial charge on any atom is 0.0665 e. The molecule has 0 fully saturated rings. The van der Waals surface area contributed by atoms with E-state index in [1.807, 2.05) is 6.92 Å². The first-order valence-electron chi connectivity index (χ1n) is 7.05. The van der Waals surface area contributed by atoms with E-state index in [0.29, 0.717) is 11.9 Å². The quantitative estimate of drug-likeness (QED) is 0.528. The molecular weight excluding hydrogens is 232 g/mol. The summed E-state index contributed by atoms with van der Waals surface area (Å²) in [6, 6.07) is 0. The van der Waals surface area contributed by atoms with E-state index in [1.165, 1.54) is 32.1 Å². The van der Waals surface area contributed by atoms with Crippen LogP contribution < -0.4 is 0 Å². The van der Waals surface area contributed by atoms with Gasteiger partial charge in [-0.25, -0.2) is 0 Å². The van der Waals surface area contributed by atoms with E-state index >= 15 is 0 Å². The van der Waals surface area contributed by atoms with Crippen LogP contribution in [0.15, 0.2) is 0 Å². The molecule has 0 aliphatic carbocycles. The smallest absolute Gasteiger partial charge is 0.0665 e. The Bertz CT molecular complexity index is 195. The van der Waals surface area contributed by atoms with E-state index in [1.54, 1.807) is 6.26 Å². The van der Waals surface area contributed by atoms with Gasteiger partial charge in [0, 0.05) is 22.8 Å². The highest BCUT2D eigenvalue weighted by molar-refractivity contribution is 7.84. The van der Waals surface area contributed by atoms with Crippen molar-refractivity contribution in [1.29, 1.82) is 0 Å². The van der Waals surface area contributed by atoms with Gasteiger partial charge in [0.25, 0.3) is 0 Å². The van der Waals surface area contributed by atoms with Crippen LogP contribution in [0.3, 0.4) is 0 Å². The summed E-state index contributed by atoms with van der Waals surface area (Å²) in [5.74, 6) is 0.659. The highest BCUT2D eigenvalue weighted by Gasteiger charge is 2.12. The predicted octanol–water partition coefficient (Wildman–Crippen LogP) is 3.91. The molecule has 0 spiro atoms. The second kappa shape index (κ2) is 11.2. The third-order valence-electron chi connectivity index (χ3n) is 2.98. The molecule has 0 saturated heterocycles. The van der Waals surface area contributed by atoms with Crippen molar-refractivity contribution in [3.8, 4) is 0 Å². The van der Waals surface area contributed by atoms with Crippen molar-refractivity contribution in [3.05, 3.63) is 0 Å². The Labute approximate surface area is 110 Å². The Hall–Kier alpha value is 0.110. The molecule has 104 valence electrons. The average molecular weight is 262 g/mol. The zero-order valence-electron chi connectivity index (χ0n) is 12.0. The van der Waals surface area contributed by atoms with Crippen molar-refractivity contribution >= 4 is 10.8 Å². The van der Waals surface area contributed by atoms with Crippen LogP contribution in [0.5, 0.6) is 0 Å². The lowest BCUT2D eigenvalue weighted by Crippen LogP contribution is -2.24. The van der Waals surface area contributed by atoms with Gasteiger partial charge in [0.1, 0.15) is 0 Å². The van der Waals surface area contributed by atoms with Gasteiger partial charge in [0.2, 0.25) is 0 Å². The zero-order valence-corrected chi connectivity index (χ0v) is 12.9. The molecule has 0 rings (SSSR count). The Morgan fingerprint density at radius 1 is 1.12 bits per heavy atom. The molecule has 0 aliphatic rings. The monoisotopic (exact) mass is 262 g/mol. The van der Waals surface area contributed by atoms with E-state index in [-0.39, 0.29) is 6.10 Å². The van der Waals surface area contributed by atoms with Crippen molar-refractivity contribution in [2.75, 3.05) is 12.0 Å². The largest absolute Gasteiger partial charge is 0.374 e. The Morgan fingerprint density at radius 3 is 2.29 bits per heavy atom. The first-order chi connectivity index (χ1) is 8.10. The predicted molar refractivity (Wildman–Crippen MR) is 76.9 cm³/mol. The summed E-state index contributed by atoms with van der Waals surface area (Å²) < 4.78 is 17.0. The van der Waals surface area contributed by atoms with Crippen molar-refractivity contribution in [1.82, 2.24) is 0 Å². The minimum Gasteiger partial charge on any atom is -0.374 e. The summed E-state index contributed by atoms with van der Waals surface area (Å²) >= 11 is 0. The molecule has 3 heteroatoms. The summed E-state index contributed by atoms with van der Waals surface area (Å²) in [4.78, 5) is 0. The molecular formula is C14H30O2S. The standard InChI is InChI=1S/C14H30O2S/c1-5-7-8-9-10-11-14(6-2)16-13(3)12-17(4)15/h13-14H,5-12H2,1-4H3. The van der Waals surface area contributed by atoms with Gasteiger partial charge < -0.3 is 4.74 Å². The van der Waals surface area contributed by atoms with Crippen LogP contribution in [0.4, 0.5) is 0 Å². The molecule has 17 heavy (non-hydrogen) atoms. The maximum absolute atomic E-state index is 11.1. The molecule has 0 aromatic carbocycles. The summed E-state index contributed by atoms with van der Waals surface area (Å²) in [6.07, 6.45) is 11.0. The molecule has 0 saturated carbocycles. The van der Waals surface area contributed by atoms with Crippen molar-refractivity contribution in [3.63, 3.8) is 0 Å². The van der Waals surface area contributed by atoms with Crippen LogP contribution in [-0.2, 0) is 15.5 Å². The Balaban J connectivity index is 3.64. The summed E-state index contributed by atoms with van der Waals surface area (Å²) in [6.45, 7) is 6.44. The van der Waals surface area contributed by atoms with Gasteiger partial charge in [-0.2, -0.15) is 0 Å². The van der Waals surface area contributed by atoms with E-state index in [2.05, 4.69) is 13.8 Å². The van der Waals surface area contributed by atoms with Gasteiger partial charge in [-0.1, -0.05) is 46.0 Å². The van der Waals surface area contributed by atoms with Gasteiger partial charge in [0.05, 0.1) is 12.2 Å². The second-order valence-corrected chi connectivity index (χ2v) is 6.40. The highest BCUT2D eigenvalue weighted by Crippen LogP contribution is 2.13. The van der Waals surface area contributed by atoms with Gasteiger partial charge in [-0.05, 0) is 19.8 Å². The number of rotatable bonds is 11. The number of hydrogen-bond donors (Lipinski definition) is 0. The van der Waals surface area contributed by atoms with Crippen LogP contribution in [-0.4, -0.2) is 28.4 Å². The van der Waals surface area contributed by atoms with Crippen molar-refractivity contribution < 1.29 is 8.95 Å². The summed E-state index contributed by atoms with van der Waals surface area (Å²) in [5.41, 5.74) is 0. The van der Waals surface area contributed by atoms with E-state index in [9.17, 15) is 4.21 Å². The molecule has 0 amide bonds. The minimum atomic E-state index is -0.749. The fourth-order valence-electron chi connectivity index (χ4n) is 2.04. The maximum atomic E-state index is 11.1. The topological polar surface area (TPSA) is 26.3 Å². The SMILES string of the molecule is CCCCCCCC(CC)OC(C)CS(C)=O. The summed E-state index contributed by atoms with van der Waals surface area (Å²) in [7, 11) is -0.749. The van der Waals surface area contributed by atoms with Crippen LogP contribution >= 0.6 is 0 Å². The molecule has 2 nitrogen and oxygen atoms in total. The van der Waals surface area contributed by atoms with E-state index < -0.39 is 10.8 Å². The van der Waals surface area contributed by atoms with Gasteiger partial charge >= 0.3 is 0 Å². The van der Waals surface area contributed by atoms with Gasteiger partial charge in [-0.3, -0.25) is 4.21 Å². The van der Waals surface area contributed by atoms with Crippen molar-refractivity contribution in [2.24, 2.45) is 0 Å². The van der Waals surface area contributed by atoms with Crippen LogP contribution in [0, 0.1) is 0 Å². The molecule has 3 atom stereocenters. The fraction of sp³-hybridized carbons (Fsp3) is 1.00. The molecule has 0 radical (unpaired) electrons. The molecule has 0 bridgehead atoms. The van der Waals surface area contributed by atoms with Crippen LogP contribution in [0.25, 0.3) is 0 Å². The molecule has 0 N–H and O–H groups in total. The Kier molecular flexibility index (Phi) is 11.3. The van der Waals surface area contributed by atoms with Gasteiger partial charge in [0.15, 0.2) is 0 Å². The second-order valence-electron chi connectivity index (χ2n) is 4.92. The number of hydrogen-bond acceptors (Lipinski definition) is 2. The van der Waals surface area contributed by atoms with Crippen LogP contribution in [0.2, 0.25) is 0 Å². The number of ether oxygens (including phenoxy) is 1. The van der Waals surface area contributed by atoms with E-state index in [0.717, 1.165) is 12.8 Å². The normalized spacial score (nSPS) is 16.7. The van der Waals surface area contributed by atoms with Crippen molar-refractivity contribution in [2.45, 2.75) is 77.9 Å². The minimum absolute atomic E-state index is 0.126. The average Bonchev–Trinajstić information content (AvgIpc) is 2.26. The lowest BCUT2D eigenvalue weighted by atomic mass is 10.1. The molecule has 0 aliphatic heterocycles. The molecule has 3 unspecified atom stereocenters. The first-order valence-corrected chi connectivity index (χ1v) is 8.78. The number of unbranched alkanes of at least 4 members (excludes halogenated alkanes) is 4. The Morgan fingerprint density at radius 2 is 1.76 bits per heavy atom. The molecule has 0 aromatic rings. The zero-order chi connectivity index (χ0) is 13.1. The first kappa shape index (κ1) is 17.1. The van der Waals surface area contributed by atoms with E-state index in [4.69, 9.17) is 4.74 Å². The summed E-state index contributed by atoms with van der Waals surface area (Å²) in [5, 5.41) is 0. The highest BCUT2D eigenvalue weighted by atomic mass is 32.2. The van der Waals surface area contributed by atoms with Crippen LogP contribution in [0.1, 0.15) is 65.7 Å². The molecule has 0 heterocycles. The molecule has 0 aromatic heterocycles. The van der Waals surface area contributed by atoms with Gasteiger partial charge in [-0.15, -0.1) is 0 Å².